The lowest BCUT2D eigenvalue weighted by molar-refractivity contribution is 0.0682. The van der Waals surface area contributed by atoms with Crippen molar-refractivity contribution < 1.29 is 4.79 Å². The van der Waals surface area contributed by atoms with Crippen LogP contribution < -0.4 is 5.32 Å². The average Bonchev–Trinajstić information content (AvgIpc) is 2.68. The van der Waals surface area contributed by atoms with Crippen molar-refractivity contribution in [3.63, 3.8) is 0 Å². The van der Waals surface area contributed by atoms with Crippen LogP contribution in [0.4, 0.5) is 11.6 Å². The summed E-state index contributed by atoms with van der Waals surface area (Å²) in [6.45, 7) is 12.6. The standard InChI is InChI=1S/C23H32N4O/c1-15(2)19-9-6-10-20(16(3)4)21(19)26-23-24-12-18(13-25-23)22(28)27-11-7-8-17(5)14-27/h6,9-10,12-13,15-17H,7-8,11,14H2,1-5H3,(H,24,25,26). The number of piperidine rings is 1. The smallest absolute Gasteiger partial charge is 0.257 e. The maximum absolute atomic E-state index is 12.7. The monoisotopic (exact) mass is 380 g/mol. The van der Waals surface area contributed by atoms with Crippen LogP contribution in [0.1, 0.15) is 80.8 Å². The molecular weight excluding hydrogens is 348 g/mol. The molecule has 0 radical (unpaired) electrons. The van der Waals surface area contributed by atoms with E-state index in [-0.39, 0.29) is 5.91 Å². The number of carbonyl (C=O) groups is 1. The molecule has 28 heavy (non-hydrogen) atoms. The van der Waals surface area contributed by atoms with E-state index < -0.39 is 0 Å². The van der Waals surface area contributed by atoms with Gasteiger partial charge in [-0.15, -0.1) is 0 Å². The van der Waals surface area contributed by atoms with E-state index in [1.807, 2.05) is 4.90 Å². The minimum absolute atomic E-state index is 0.0311. The van der Waals surface area contributed by atoms with E-state index in [9.17, 15) is 4.79 Å². The third-order valence-corrected chi connectivity index (χ3v) is 5.45. The molecule has 1 aromatic carbocycles. The summed E-state index contributed by atoms with van der Waals surface area (Å²) >= 11 is 0. The zero-order valence-corrected chi connectivity index (χ0v) is 17.7. The number of hydrogen-bond acceptors (Lipinski definition) is 4. The zero-order chi connectivity index (χ0) is 20.3. The molecule has 1 aliphatic heterocycles. The van der Waals surface area contributed by atoms with Crippen molar-refractivity contribution >= 4 is 17.5 Å². The molecule has 0 aliphatic carbocycles. The second-order valence-corrected chi connectivity index (χ2v) is 8.54. The first-order chi connectivity index (χ1) is 13.4. The topological polar surface area (TPSA) is 58.1 Å². The van der Waals surface area contributed by atoms with E-state index in [0.29, 0.717) is 29.3 Å². The number of para-hydroxylation sites is 1. The van der Waals surface area contributed by atoms with Crippen molar-refractivity contribution in [2.24, 2.45) is 5.92 Å². The van der Waals surface area contributed by atoms with Gasteiger partial charge in [0.2, 0.25) is 5.95 Å². The Morgan fingerprint density at radius 3 is 2.25 bits per heavy atom. The number of carbonyl (C=O) groups excluding carboxylic acids is 1. The highest BCUT2D eigenvalue weighted by molar-refractivity contribution is 5.93. The first kappa shape index (κ1) is 20.3. The van der Waals surface area contributed by atoms with Crippen molar-refractivity contribution in [3.05, 3.63) is 47.3 Å². The van der Waals surface area contributed by atoms with Gasteiger partial charge in [-0.1, -0.05) is 52.8 Å². The Kier molecular flexibility index (Phi) is 6.32. The lowest BCUT2D eigenvalue weighted by Gasteiger charge is -2.30. The summed E-state index contributed by atoms with van der Waals surface area (Å²) in [5.41, 5.74) is 4.13. The highest BCUT2D eigenvalue weighted by Crippen LogP contribution is 2.33. The van der Waals surface area contributed by atoms with Crippen molar-refractivity contribution in [3.8, 4) is 0 Å². The summed E-state index contributed by atoms with van der Waals surface area (Å²) in [7, 11) is 0. The van der Waals surface area contributed by atoms with Crippen molar-refractivity contribution in [1.82, 2.24) is 14.9 Å². The molecule has 1 aromatic heterocycles. The lowest BCUT2D eigenvalue weighted by atomic mass is 9.93. The van der Waals surface area contributed by atoms with Crippen LogP contribution in [-0.2, 0) is 0 Å². The van der Waals surface area contributed by atoms with Crippen LogP contribution in [0.2, 0.25) is 0 Å². The predicted octanol–water partition coefficient (Wildman–Crippen LogP) is 5.34. The van der Waals surface area contributed by atoms with Gasteiger partial charge in [0.1, 0.15) is 0 Å². The van der Waals surface area contributed by atoms with Crippen LogP contribution >= 0.6 is 0 Å². The summed E-state index contributed by atoms with van der Waals surface area (Å²) in [5.74, 6) is 1.90. The van der Waals surface area contributed by atoms with Crippen molar-refractivity contribution in [2.75, 3.05) is 18.4 Å². The Balaban J connectivity index is 1.81. The molecule has 2 aromatic rings. The molecule has 5 heteroatoms. The molecule has 2 heterocycles. The van der Waals surface area contributed by atoms with Crippen LogP contribution in [-0.4, -0.2) is 33.9 Å². The number of aromatic nitrogens is 2. The minimum atomic E-state index is 0.0311. The molecule has 1 N–H and O–H groups in total. The second kappa shape index (κ2) is 8.72. The zero-order valence-electron chi connectivity index (χ0n) is 17.7. The van der Waals surface area contributed by atoms with E-state index >= 15 is 0 Å². The molecule has 0 spiro atoms. The number of amides is 1. The second-order valence-electron chi connectivity index (χ2n) is 8.54. The number of benzene rings is 1. The van der Waals surface area contributed by atoms with Crippen LogP contribution in [0.5, 0.6) is 0 Å². The molecule has 3 rings (SSSR count). The fraction of sp³-hybridized carbons (Fsp3) is 0.522. The maximum Gasteiger partial charge on any atom is 0.257 e. The van der Waals surface area contributed by atoms with E-state index in [1.54, 1.807) is 12.4 Å². The SMILES string of the molecule is CC1CCCN(C(=O)c2cnc(Nc3c(C(C)C)cccc3C(C)C)nc2)C1. The molecule has 0 saturated carbocycles. The van der Waals surface area contributed by atoms with Gasteiger partial charge in [0.05, 0.1) is 5.56 Å². The number of rotatable bonds is 5. The summed E-state index contributed by atoms with van der Waals surface area (Å²) in [6.07, 6.45) is 5.54. The molecule has 1 unspecified atom stereocenters. The summed E-state index contributed by atoms with van der Waals surface area (Å²) in [6, 6.07) is 6.40. The Bertz CT molecular complexity index is 788. The molecule has 150 valence electrons. The quantitative estimate of drug-likeness (QED) is 0.761. The largest absolute Gasteiger partial charge is 0.338 e. The van der Waals surface area contributed by atoms with Crippen LogP contribution in [0.3, 0.4) is 0 Å². The maximum atomic E-state index is 12.7. The Morgan fingerprint density at radius 2 is 1.71 bits per heavy atom. The van der Waals surface area contributed by atoms with Crippen LogP contribution in [0, 0.1) is 5.92 Å². The molecule has 5 nitrogen and oxygen atoms in total. The van der Waals surface area contributed by atoms with Gasteiger partial charge in [-0.25, -0.2) is 9.97 Å². The first-order valence-electron chi connectivity index (χ1n) is 10.4. The number of anilines is 2. The Labute approximate surface area is 168 Å². The molecule has 1 atom stereocenters. The van der Waals surface area contributed by atoms with E-state index in [2.05, 4.69) is 68.1 Å². The third kappa shape index (κ3) is 4.51. The highest BCUT2D eigenvalue weighted by Gasteiger charge is 2.22. The van der Waals surface area contributed by atoms with Gasteiger partial charge in [-0.05, 0) is 41.7 Å². The molecule has 1 saturated heterocycles. The Morgan fingerprint density at radius 1 is 1.11 bits per heavy atom. The summed E-state index contributed by atoms with van der Waals surface area (Å²) < 4.78 is 0. The predicted molar refractivity (Wildman–Crippen MR) is 114 cm³/mol. The molecule has 0 bridgehead atoms. The van der Waals surface area contributed by atoms with Crippen molar-refractivity contribution in [1.29, 1.82) is 0 Å². The fourth-order valence-electron chi connectivity index (χ4n) is 3.87. The van der Waals surface area contributed by atoms with Gasteiger partial charge in [0.15, 0.2) is 0 Å². The molecular formula is C23H32N4O. The molecule has 1 amide bonds. The number of likely N-dealkylation sites (tertiary alicyclic amines) is 1. The van der Waals surface area contributed by atoms with E-state index in [4.69, 9.17) is 0 Å². The summed E-state index contributed by atoms with van der Waals surface area (Å²) in [4.78, 5) is 23.5. The number of nitrogens with zero attached hydrogens (tertiary/aromatic N) is 3. The fourth-order valence-corrected chi connectivity index (χ4v) is 3.87. The van der Waals surface area contributed by atoms with Crippen molar-refractivity contribution in [2.45, 2.75) is 59.3 Å². The van der Waals surface area contributed by atoms with Gasteiger partial charge < -0.3 is 10.2 Å². The van der Waals surface area contributed by atoms with Crippen LogP contribution in [0.15, 0.2) is 30.6 Å². The van der Waals surface area contributed by atoms with Gasteiger partial charge in [-0.2, -0.15) is 0 Å². The highest BCUT2D eigenvalue weighted by atomic mass is 16.2. The van der Waals surface area contributed by atoms with Gasteiger partial charge >= 0.3 is 0 Å². The minimum Gasteiger partial charge on any atom is -0.338 e. The number of hydrogen-bond donors (Lipinski definition) is 1. The van der Waals surface area contributed by atoms with E-state index in [0.717, 1.165) is 25.2 Å². The van der Waals surface area contributed by atoms with Gasteiger partial charge in [-0.3, -0.25) is 4.79 Å². The lowest BCUT2D eigenvalue weighted by Crippen LogP contribution is -2.39. The average molecular weight is 381 g/mol. The number of nitrogens with one attached hydrogen (secondary N) is 1. The Hall–Kier alpha value is -2.43. The normalized spacial score (nSPS) is 17.2. The van der Waals surface area contributed by atoms with Gasteiger partial charge in [0, 0.05) is 31.2 Å². The van der Waals surface area contributed by atoms with Crippen LogP contribution in [0.25, 0.3) is 0 Å². The molecule has 1 fully saturated rings. The van der Waals surface area contributed by atoms with Gasteiger partial charge in [0.25, 0.3) is 5.91 Å². The first-order valence-corrected chi connectivity index (χ1v) is 10.4. The molecule has 1 aliphatic rings. The summed E-state index contributed by atoms with van der Waals surface area (Å²) in [5, 5.41) is 3.41. The van der Waals surface area contributed by atoms with E-state index in [1.165, 1.54) is 17.5 Å². The third-order valence-electron chi connectivity index (χ3n) is 5.45.